The van der Waals surface area contributed by atoms with Crippen molar-refractivity contribution in [3.63, 3.8) is 0 Å². The molecule has 3 aliphatic heterocycles. The Morgan fingerprint density at radius 2 is 1.27 bits per heavy atom. The van der Waals surface area contributed by atoms with Crippen LogP contribution in [0, 0.1) is 59.2 Å². The molecule has 0 bridgehead atoms. The van der Waals surface area contributed by atoms with Crippen LogP contribution in [0.15, 0.2) is 0 Å². The molecule has 11 nitrogen and oxygen atoms in total. The fourth-order valence-corrected chi connectivity index (χ4v) is 6.16. The highest BCUT2D eigenvalue weighted by atomic mass is 16.4. The molecule has 11 heteroatoms. The van der Waals surface area contributed by atoms with E-state index >= 15 is 0 Å². The van der Waals surface area contributed by atoms with Crippen molar-refractivity contribution in [3.05, 3.63) is 0 Å². The van der Waals surface area contributed by atoms with Crippen LogP contribution in [0.5, 0.6) is 0 Å². The van der Waals surface area contributed by atoms with E-state index in [9.17, 15) is 24.0 Å². The second kappa shape index (κ2) is 21.9. The van der Waals surface area contributed by atoms with Gasteiger partial charge in [0.25, 0.3) is 0 Å². The minimum Gasteiger partial charge on any atom is -0.481 e. The Bertz CT molecular complexity index is 922. The van der Waals surface area contributed by atoms with Gasteiger partial charge < -0.3 is 31.9 Å². The summed E-state index contributed by atoms with van der Waals surface area (Å²) in [5.41, 5.74) is 5.41. The Balaban J connectivity index is 0.000000576. The minimum absolute atomic E-state index is 0.0370. The van der Waals surface area contributed by atoms with Crippen LogP contribution in [0.3, 0.4) is 0 Å². The molecule has 6 unspecified atom stereocenters. The van der Waals surface area contributed by atoms with Crippen LogP contribution in [0.4, 0.5) is 0 Å². The second-order valence-electron chi connectivity index (χ2n) is 14.7. The maximum absolute atomic E-state index is 11.1. The summed E-state index contributed by atoms with van der Waals surface area (Å²) >= 11 is 0. The van der Waals surface area contributed by atoms with Gasteiger partial charge in [0.1, 0.15) is 5.92 Å². The minimum atomic E-state index is -0.999. The Hall–Kier alpha value is -2.69. The maximum Gasteiger partial charge on any atom is 0.316 e. The molecule has 7 N–H and O–H groups in total. The van der Waals surface area contributed by atoms with Gasteiger partial charge in [0.15, 0.2) is 0 Å². The summed E-state index contributed by atoms with van der Waals surface area (Å²) in [6.45, 7) is 21.8. The van der Waals surface area contributed by atoms with E-state index in [1.54, 1.807) is 0 Å². The lowest BCUT2D eigenvalue weighted by atomic mass is 9.88. The first-order valence-corrected chi connectivity index (χ1v) is 16.8. The van der Waals surface area contributed by atoms with Crippen molar-refractivity contribution in [3.8, 4) is 0 Å². The number of carboxylic acid groups (broad SMARTS) is 2. The normalized spacial score (nSPS) is 24.6. The average molecular weight is 641 g/mol. The van der Waals surface area contributed by atoms with Gasteiger partial charge in [-0.15, -0.1) is 0 Å². The van der Waals surface area contributed by atoms with E-state index in [1.807, 2.05) is 20.8 Å². The first kappa shape index (κ1) is 42.3. The molecule has 6 atom stereocenters. The molecule has 0 spiro atoms. The van der Waals surface area contributed by atoms with E-state index < -0.39 is 17.9 Å². The Morgan fingerprint density at radius 1 is 0.756 bits per heavy atom. The van der Waals surface area contributed by atoms with Crippen molar-refractivity contribution in [2.45, 2.75) is 101 Å². The monoisotopic (exact) mass is 640 g/mol. The van der Waals surface area contributed by atoms with Crippen LogP contribution >= 0.6 is 0 Å². The Labute approximate surface area is 271 Å². The largest absolute Gasteiger partial charge is 0.481 e. The molecule has 0 aromatic carbocycles. The van der Waals surface area contributed by atoms with Gasteiger partial charge >= 0.3 is 11.9 Å². The Morgan fingerprint density at radius 3 is 1.64 bits per heavy atom. The fraction of sp³-hybridized carbons (Fsp3) is 0.853. The van der Waals surface area contributed by atoms with Crippen LogP contribution < -0.4 is 21.7 Å². The van der Waals surface area contributed by atoms with Crippen LogP contribution in [0.1, 0.15) is 101 Å². The number of aliphatic carboxylic acids is 2. The van der Waals surface area contributed by atoms with Crippen LogP contribution in [0.2, 0.25) is 0 Å². The zero-order valence-corrected chi connectivity index (χ0v) is 29.4. The lowest BCUT2D eigenvalue weighted by Crippen LogP contribution is -2.27. The van der Waals surface area contributed by atoms with Gasteiger partial charge in [0.2, 0.25) is 17.7 Å². The molecular formula is C34H64N4O7. The van der Waals surface area contributed by atoms with E-state index in [0.717, 1.165) is 38.3 Å². The van der Waals surface area contributed by atoms with Crippen LogP contribution in [0.25, 0.3) is 0 Å². The highest BCUT2D eigenvalue weighted by molar-refractivity contribution is 5.98. The van der Waals surface area contributed by atoms with Crippen molar-refractivity contribution >= 4 is 29.7 Å². The van der Waals surface area contributed by atoms with Gasteiger partial charge in [-0.3, -0.25) is 24.0 Å². The molecule has 0 saturated carbocycles. The van der Waals surface area contributed by atoms with Gasteiger partial charge in [-0.25, -0.2) is 0 Å². The number of amides is 3. The van der Waals surface area contributed by atoms with Crippen molar-refractivity contribution in [2.75, 3.05) is 26.2 Å². The smallest absolute Gasteiger partial charge is 0.316 e. The molecule has 3 saturated heterocycles. The molecule has 0 radical (unpaired) electrons. The second-order valence-corrected chi connectivity index (χ2v) is 14.7. The third-order valence-electron chi connectivity index (χ3n) is 8.23. The molecular weight excluding hydrogens is 576 g/mol. The maximum atomic E-state index is 11.1. The topological polar surface area (TPSA) is 188 Å². The van der Waals surface area contributed by atoms with Crippen molar-refractivity contribution < 1.29 is 34.2 Å². The number of hydrogen-bond acceptors (Lipinski definition) is 6. The molecule has 0 aromatic rings. The number of carbonyl (C=O) groups is 5. The molecule has 3 aliphatic rings. The predicted molar refractivity (Wildman–Crippen MR) is 177 cm³/mol. The molecule has 262 valence electrons. The Kier molecular flexibility index (Phi) is 20.6. The lowest BCUT2D eigenvalue weighted by Gasteiger charge is -2.14. The average Bonchev–Trinajstić information content (AvgIpc) is 3.57. The molecule has 3 heterocycles. The first-order chi connectivity index (χ1) is 20.9. The number of carbonyl (C=O) groups excluding carboxylic acids is 3. The van der Waals surface area contributed by atoms with Gasteiger partial charge in [-0.1, -0.05) is 62.3 Å². The fourth-order valence-electron chi connectivity index (χ4n) is 6.16. The zero-order valence-electron chi connectivity index (χ0n) is 29.4. The number of hydrogen-bond donors (Lipinski definition) is 6. The van der Waals surface area contributed by atoms with Crippen LogP contribution in [-0.4, -0.2) is 66.1 Å². The number of carboxylic acids is 2. The first-order valence-electron chi connectivity index (χ1n) is 16.8. The predicted octanol–water partition coefficient (Wildman–Crippen LogP) is 4.14. The summed E-state index contributed by atoms with van der Waals surface area (Å²) in [5, 5.41) is 25.6. The summed E-state index contributed by atoms with van der Waals surface area (Å²) in [6, 6.07) is 0. The highest BCUT2D eigenvalue weighted by Gasteiger charge is 2.40. The summed E-state index contributed by atoms with van der Waals surface area (Å²) in [7, 11) is 0. The third kappa shape index (κ3) is 18.8. The third-order valence-corrected chi connectivity index (χ3v) is 8.23. The number of rotatable bonds is 12. The van der Waals surface area contributed by atoms with Crippen LogP contribution in [-0.2, 0) is 24.0 Å². The molecule has 3 fully saturated rings. The molecule has 45 heavy (non-hydrogen) atoms. The van der Waals surface area contributed by atoms with E-state index in [4.69, 9.17) is 15.9 Å². The van der Waals surface area contributed by atoms with Gasteiger partial charge in [0, 0.05) is 38.4 Å². The van der Waals surface area contributed by atoms with E-state index in [0.29, 0.717) is 42.7 Å². The van der Waals surface area contributed by atoms with E-state index in [-0.39, 0.29) is 41.9 Å². The quantitative estimate of drug-likeness (QED) is 0.172. The molecule has 3 amide bonds. The van der Waals surface area contributed by atoms with Crippen molar-refractivity contribution in [2.24, 2.45) is 64.9 Å². The number of nitrogens with one attached hydrogen (secondary N) is 3. The lowest BCUT2D eigenvalue weighted by molar-refractivity contribution is -0.147. The van der Waals surface area contributed by atoms with Crippen molar-refractivity contribution in [1.82, 2.24) is 16.0 Å². The highest BCUT2D eigenvalue weighted by Crippen LogP contribution is 2.25. The summed E-state index contributed by atoms with van der Waals surface area (Å²) in [6.07, 6.45) is 4.99. The van der Waals surface area contributed by atoms with Crippen molar-refractivity contribution in [1.29, 1.82) is 0 Å². The van der Waals surface area contributed by atoms with E-state index in [2.05, 4.69) is 57.5 Å². The molecule has 0 aromatic heterocycles. The van der Waals surface area contributed by atoms with Gasteiger partial charge in [-0.05, 0) is 79.6 Å². The standard InChI is InChI=1S/C9H15NO3.C9H17NO.C8H17NO2.C8H15NO/c1-5(2)3-6-4-10-8(11)7(6)9(12)13;1-6(2)4-8-5-10-9(11)7(8)3;1-6(2)3-7(5-9)4-8(10)11;1-6(2)3-7-4-8(10)9-5-7/h5-7H,3-4H2,1-2H3,(H,10,11)(H,12,13);6-8H,4-5H2,1-3H3,(H,10,11);6-7H,3-5,9H2,1-2H3,(H,10,11);6-7H,3-5H2,1-2H3,(H,9,10). The summed E-state index contributed by atoms with van der Waals surface area (Å²) < 4.78 is 0. The SMILES string of the molecule is CC(C)CC(CN)CC(=O)O.CC(C)CC1CNC(=O)C1.CC(C)CC1CNC(=O)C1C.CC(C)CC1CNC(=O)C1C(=O)O. The zero-order chi connectivity index (χ0) is 34.9. The molecule has 0 aliphatic carbocycles. The number of nitrogens with two attached hydrogens (primary N) is 1. The summed E-state index contributed by atoms with van der Waals surface area (Å²) in [5.74, 6) is 1.45. The van der Waals surface area contributed by atoms with E-state index in [1.165, 1.54) is 12.8 Å². The molecule has 3 rings (SSSR count). The van der Waals surface area contributed by atoms with Gasteiger partial charge in [0.05, 0.1) is 0 Å². The summed E-state index contributed by atoms with van der Waals surface area (Å²) in [4.78, 5) is 53.9. The van der Waals surface area contributed by atoms with Gasteiger partial charge in [-0.2, -0.15) is 0 Å².